The summed E-state index contributed by atoms with van der Waals surface area (Å²) >= 11 is 0. The van der Waals surface area contributed by atoms with Crippen molar-refractivity contribution in [1.82, 2.24) is 4.90 Å². The second-order valence-electron chi connectivity index (χ2n) is 5.75. The number of benzene rings is 1. The summed E-state index contributed by atoms with van der Waals surface area (Å²) in [5.74, 6) is 0.767. The van der Waals surface area contributed by atoms with E-state index in [1.54, 1.807) is 0 Å². The Balaban J connectivity index is 1.82. The fraction of sp³-hybridized carbons (Fsp3) is 0.625. The van der Waals surface area contributed by atoms with Crippen molar-refractivity contribution in [2.45, 2.75) is 39.2 Å². The van der Waals surface area contributed by atoms with Gasteiger partial charge in [0.05, 0.1) is 11.8 Å². The molecule has 20 heavy (non-hydrogen) atoms. The smallest absolute Gasteiger partial charge is 0.144 e. The fourth-order valence-corrected chi connectivity index (χ4v) is 2.54. The zero-order valence-corrected chi connectivity index (χ0v) is 12.7. The summed E-state index contributed by atoms with van der Waals surface area (Å²) in [5, 5.41) is 3.46. The first-order chi connectivity index (χ1) is 9.65. The number of anilines is 2. The maximum Gasteiger partial charge on any atom is 0.144 e. The van der Waals surface area contributed by atoms with E-state index in [9.17, 15) is 0 Å². The normalized spacial score (nSPS) is 16.4. The molecule has 4 nitrogen and oxygen atoms in total. The largest absolute Gasteiger partial charge is 0.489 e. The monoisotopic (exact) mass is 277 g/mol. The van der Waals surface area contributed by atoms with Crippen molar-refractivity contribution >= 4 is 11.4 Å². The fourth-order valence-electron chi connectivity index (χ4n) is 2.54. The van der Waals surface area contributed by atoms with Gasteiger partial charge in [0.15, 0.2) is 0 Å². The summed E-state index contributed by atoms with van der Waals surface area (Å²) < 4.78 is 5.71. The molecule has 4 heteroatoms. The topological polar surface area (TPSA) is 50.5 Å². The summed E-state index contributed by atoms with van der Waals surface area (Å²) in [7, 11) is 0. The van der Waals surface area contributed by atoms with Crippen LogP contribution in [-0.2, 0) is 0 Å². The van der Waals surface area contributed by atoms with Gasteiger partial charge in [-0.2, -0.15) is 0 Å². The molecule has 1 aliphatic heterocycles. The first-order valence-corrected chi connectivity index (χ1v) is 7.67. The number of likely N-dealkylation sites (tertiary alicyclic amines) is 1. The lowest BCUT2D eigenvalue weighted by Gasteiger charge is -2.26. The van der Waals surface area contributed by atoms with Crippen molar-refractivity contribution in [2.24, 2.45) is 0 Å². The number of nitrogens with zero attached hydrogens (tertiary/aromatic N) is 1. The molecule has 0 unspecified atom stereocenters. The molecule has 1 saturated heterocycles. The molecule has 0 bridgehead atoms. The number of ether oxygens (including phenoxy) is 1. The Kier molecular flexibility index (Phi) is 5.53. The summed E-state index contributed by atoms with van der Waals surface area (Å²) in [5.41, 5.74) is 7.69. The number of hydrogen-bond acceptors (Lipinski definition) is 4. The molecule has 1 fully saturated rings. The lowest BCUT2D eigenvalue weighted by atomic mass is 10.1. The average Bonchev–Trinajstić information content (AvgIpc) is 2.43. The quantitative estimate of drug-likeness (QED) is 0.785. The van der Waals surface area contributed by atoms with Crippen LogP contribution in [0.15, 0.2) is 18.2 Å². The van der Waals surface area contributed by atoms with Crippen molar-refractivity contribution < 1.29 is 4.74 Å². The van der Waals surface area contributed by atoms with Gasteiger partial charge in [0.2, 0.25) is 0 Å². The van der Waals surface area contributed by atoms with Crippen LogP contribution < -0.4 is 15.8 Å². The standard InChI is InChI=1S/C16H27N3O/c1-13(2)20-16-12-14(6-7-15(16)17)18-8-11-19-9-4-3-5-10-19/h6-7,12-13,18H,3-5,8-11,17H2,1-2H3. The summed E-state index contributed by atoms with van der Waals surface area (Å²) in [6.07, 6.45) is 4.21. The zero-order valence-electron chi connectivity index (χ0n) is 12.7. The van der Waals surface area contributed by atoms with Crippen molar-refractivity contribution in [2.75, 3.05) is 37.2 Å². The molecule has 1 heterocycles. The Morgan fingerprint density at radius 2 is 2.00 bits per heavy atom. The van der Waals surface area contributed by atoms with Crippen LogP contribution in [-0.4, -0.2) is 37.2 Å². The van der Waals surface area contributed by atoms with Crippen LogP contribution in [0.1, 0.15) is 33.1 Å². The molecule has 1 aliphatic rings. The third-order valence-electron chi connectivity index (χ3n) is 3.58. The lowest BCUT2D eigenvalue weighted by molar-refractivity contribution is 0.237. The summed E-state index contributed by atoms with van der Waals surface area (Å²) in [6, 6.07) is 5.91. The van der Waals surface area contributed by atoms with E-state index in [4.69, 9.17) is 10.5 Å². The highest BCUT2D eigenvalue weighted by Gasteiger charge is 2.09. The van der Waals surface area contributed by atoms with Gasteiger partial charge in [0.25, 0.3) is 0 Å². The molecule has 2 rings (SSSR count). The van der Waals surface area contributed by atoms with E-state index < -0.39 is 0 Å². The lowest BCUT2D eigenvalue weighted by Crippen LogP contribution is -2.33. The minimum Gasteiger partial charge on any atom is -0.489 e. The highest BCUT2D eigenvalue weighted by molar-refractivity contribution is 5.61. The van der Waals surface area contributed by atoms with Gasteiger partial charge in [-0.05, 0) is 51.9 Å². The van der Waals surface area contributed by atoms with Crippen LogP contribution in [0.3, 0.4) is 0 Å². The molecular weight excluding hydrogens is 250 g/mol. The molecule has 0 radical (unpaired) electrons. The third kappa shape index (κ3) is 4.60. The molecular formula is C16H27N3O. The Morgan fingerprint density at radius 3 is 2.70 bits per heavy atom. The molecule has 0 amide bonds. The van der Waals surface area contributed by atoms with Crippen LogP contribution in [0.25, 0.3) is 0 Å². The van der Waals surface area contributed by atoms with E-state index in [1.165, 1.54) is 32.4 Å². The van der Waals surface area contributed by atoms with Crippen molar-refractivity contribution in [1.29, 1.82) is 0 Å². The summed E-state index contributed by atoms with van der Waals surface area (Å²) in [4.78, 5) is 2.53. The van der Waals surface area contributed by atoms with E-state index >= 15 is 0 Å². The van der Waals surface area contributed by atoms with Crippen molar-refractivity contribution in [3.05, 3.63) is 18.2 Å². The number of rotatable bonds is 6. The van der Waals surface area contributed by atoms with Crippen molar-refractivity contribution in [3.8, 4) is 5.75 Å². The number of nitrogens with two attached hydrogens (primary N) is 1. The molecule has 1 aromatic rings. The second-order valence-corrected chi connectivity index (χ2v) is 5.75. The Morgan fingerprint density at radius 1 is 1.25 bits per heavy atom. The molecule has 3 N–H and O–H groups in total. The minimum absolute atomic E-state index is 0.140. The van der Waals surface area contributed by atoms with E-state index in [0.717, 1.165) is 24.5 Å². The molecule has 112 valence electrons. The van der Waals surface area contributed by atoms with Gasteiger partial charge >= 0.3 is 0 Å². The van der Waals surface area contributed by atoms with Crippen LogP contribution in [0.2, 0.25) is 0 Å². The first kappa shape index (κ1) is 15.0. The highest BCUT2D eigenvalue weighted by Crippen LogP contribution is 2.26. The van der Waals surface area contributed by atoms with Gasteiger partial charge in [0.1, 0.15) is 5.75 Å². The van der Waals surface area contributed by atoms with Crippen LogP contribution in [0.5, 0.6) is 5.75 Å². The SMILES string of the molecule is CC(C)Oc1cc(NCCN2CCCCC2)ccc1N. The second kappa shape index (κ2) is 7.39. The maximum atomic E-state index is 5.92. The van der Waals surface area contributed by atoms with E-state index in [2.05, 4.69) is 10.2 Å². The third-order valence-corrected chi connectivity index (χ3v) is 3.58. The maximum absolute atomic E-state index is 5.92. The first-order valence-electron chi connectivity index (χ1n) is 7.67. The van der Waals surface area contributed by atoms with Gasteiger partial charge in [-0.15, -0.1) is 0 Å². The van der Waals surface area contributed by atoms with E-state index in [1.807, 2.05) is 32.0 Å². The number of piperidine rings is 1. The zero-order chi connectivity index (χ0) is 14.4. The molecule has 0 aromatic heterocycles. The van der Waals surface area contributed by atoms with Crippen LogP contribution in [0.4, 0.5) is 11.4 Å². The van der Waals surface area contributed by atoms with Gasteiger partial charge in [0, 0.05) is 24.8 Å². The Bertz CT molecular complexity index is 414. The van der Waals surface area contributed by atoms with E-state index in [0.29, 0.717) is 5.69 Å². The minimum atomic E-state index is 0.140. The Labute approximate surface area is 122 Å². The molecule has 0 saturated carbocycles. The average molecular weight is 277 g/mol. The van der Waals surface area contributed by atoms with Crippen LogP contribution in [0, 0.1) is 0 Å². The Hall–Kier alpha value is -1.42. The van der Waals surface area contributed by atoms with Gasteiger partial charge < -0.3 is 20.7 Å². The van der Waals surface area contributed by atoms with Gasteiger partial charge in [-0.3, -0.25) is 0 Å². The molecule has 0 aliphatic carbocycles. The number of hydrogen-bond donors (Lipinski definition) is 2. The van der Waals surface area contributed by atoms with Gasteiger partial charge in [-0.25, -0.2) is 0 Å². The van der Waals surface area contributed by atoms with E-state index in [-0.39, 0.29) is 6.10 Å². The molecule has 0 atom stereocenters. The highest BCUT2D eigenvalue weighted by atomic mass is 16.5. The number of nitrogen functional groups attached to an aromatic ring is 1. The van der Waals surface area contributed by atoms with Crippen LogP contribution >= 0.6 is 0 Å². The summed E-state index contributed by atoms with van der Waals surface area (Å²) in [6.45, 7) is 8.57. The molecule has 0 spiro atoms. The molecule has 1 aromatic carbocycles. The predicted octanol–water partition coefficient (Wildman–Crippen LogP) is 2.95. The predicted molar refractivity (Wildman–Crippen MR) is 85.4 cm³/mol. The van der Waals surface area contributed by atoms with Gasteiger partial charge in [-0.1, -0.05) is 6.42 Å². The number of nitrogens with one attached hydrogen (secondary N) is 1. The van der Waals surface area contributed by atoms with Crippen molar-refractivity contribution in [3.63, 3.8) is 0 Å².